The van der Waals surface area contributed by atoms with E-state index in [-0.39, 0.29) is 18.4 Å². The molecule has 0 N–H and O–H groups in total. The molecule has 6 nitrogen and oxygen atoms in total. The van der Waals surface area contributed by atoms with E-state index in [1.54, 1.807) is 14.1 Å². The van der Waals surface area contributed by atoms with E-state index in [1.807, 2.05) is 41.1 Å². The Labute approximate surface area is 143 Å². The zero-order valence-electron chi connectivity index (χ0n) is 13.6. The van der Waals surface area contributed by atoms with Crippen LogP contribution in [0.1, 0.15) is 5.56 Å². The lowest BCUT2D eigenvalue weighted by atomic mass is 10.1. The number of amidine groups is 1. The molecule has 0 spiro atoms. The van der Waals surface area contributed by atoms with Gasteiger partial charge in [-0.05, 0) is 23.9 Å². The van der Waals surface area contributed by atoms with Crippen molar-refractivity contribution in [1.82, 2.24) is 9.47 Å². The maximum Gasteiger partial charge on any atom is 0.325 e. The quantitative estimate of drug-likeness (QED) is 0.634. The van der Waals surface area contributed by atoms with Crippen molar-refractivity contribution in [3.8, 4) is 0 Å². The standard InChI is InChI=1S/C17H17N3O3S/c1-18-17-19(2)16(22)14(24-17)8-11-9-20(10-15(21)23-3)13-7-5-4-6-12(11)13/h4-9H,10H2,1-3H3/b14-8-,18-17?. The molecule has 24 heavy (non-hydrogen) atoms. The van der Waals surface area contributed by atoms with Gasteiger partial charge in [-0.25, -0.2) is 0 Å². The third kappa shape index (κ3) is 2.82. The number of methoxy groups -OCH3 is 1. The Balaban J connectivity index is 2.06. The molecule has 0 unspecified atom stereocenters. The number of nitrogens with zero attached hydrogens (tertiary/aromatic N) is 3. The van der Waals surface area contributed by atoms with Crippen LogP contribution in [0, 0.1) is 0 Å². The van der Waals surface area contributed by atoms with Gasteiger partial charge in [0, 0.05) is 36.8 Å². The fraction of sp³-hybridized carbons (Fsp3) is 0.235. The zero-order chi connectivity index (χ0) is 17.3. The number of aliphatic imine (C=N–C) groups is 1. The van der Waals surface area contributed by atoms with Crippen molar-refractivity contribution in [3.63, 3.8) is 0 Å². The fourth-order valence-corrected chi connectivity index (χ4v) is 3.53. The molecular formula is C17H17N3O3S. The molecular weight excluding hydrogens is 326 g/mol. The number of amides is 1. The van der Waals surface area contributed by atoms with Gasteiger partial charge in [-0.15, -0.1) is 0 Å². The molecule has 0 radical (unpaired) electrons. The van der Waals surface area contributed by atoms with Gasteiger partial charge in [0.25, 0.3) is 5.91 Å². The highest BCUT2D eigenvalue weighted by Gasteiger charge is 2.30. The van der Waals surface area contributed by atoms with E-state index in [2.05, 4.69) is 4.99 Å². The van der Waals surface area contributed by atoms with Gasteiger partial charge in [0.15, 0.2) is 5.17 Å². The van der Waals surface area contributed by atoms with Gasteiger partial charge in [0.1, 0.15) is 6.54 Å². The SMILES string of the molecule is CN=C1S/C(=C\c2cn(CC(=O)OC)c3ccccc23)C(=O)N1C. The van der Waals surface area contributed by atoms with Crippen molar-refractivity contribution in [3.05, 3.63) is 40.9 Å². The first-order chi connectivity index (χ1) is 11.5. The predicted octanol–water partition coefficient (Wildman–Crippen LogP) is 2.35. The molecule has 1 amide bonds. The van der Waals surface area contributed by atoms with E-state index in [4.69, 9.17) is 4.74 Å². The molecule has 124 valence electrons. The van der Waals surface area contributed by atoms with Gasteiger partial charge in [-0.3, -0.25) is 19.5 Å². The third-order valence-corrected chi connectivity index (χ3v) is 4.98. The number of ether oxygens (including phenoxy) is 1. The van der Waals surface area contributed by atoms with Crippen LogP contribution in [-0.2, 0) is 20.9 Å². The van der Waals surface area contributed by atoms with Crippen molar-refractivity contribution in [2.75, 3.05) is 21.2 Å². The van der Waals surface area contributed by atoms with E-state index in [9.17, 15) is 9.59 Å². The topological polar surface area (TPSA) is 63.9 Å². The second-order valence-corrected chi connectivity index (χ2v) is 6.30. The average molecular weight is 343 g/mol. The van der Waals surface area contributed by atoms with E-state index < -0.39 is 0 Å². The number of fused-ring (bicyclic) bond motifs is 1. The van der Waals surface area contributed by atoms with Gasteiger partial charge in [0.2, 0.25) is 0 Å². The number of carbonyl (C=O) groups is 2. The van der Waals surface area contributed by atoms with Crippen LogP contribution >= 0.6 is 11.8 Å². The summed E-state index contributed by atoms with van der Waals surface area (Å²) in [5.74, 6) is -0.396. The van der Waals surface area contributed by atoms with Crippen molar-refractivity contribution >= 4 is 45.8 Å². The van der Waals surface area contributed by atoms with Crippen LogP contribution in [0.3, 0.4) is 0 Å². The van der Waals surface area contributed by atoms with Crippen LogP contribution in [-0.4, -0.2) is 47.7 Å². The summed E-state index contributed by atoms with van der Waals surface area (Å²) < 4.78 is 6.58. The highest BCUT2D eigenvalue weighted by molar-refractivity contribution is 8.18. The normalized spacial score (nSPS) is 18.1. The van der Waals surface area contributed by atoms with E-state index in [0.717, 1.165) is 16.5 Å². The lowest BCUT2D eigenvalue weighted by molar-refractivity contribution is -0.141. The number of likely N-dealkylation sites (N-methyl/N-ethyl adjacent to an activating group) is 1. The van der Waals surface area contributed by atoms with Crippen LogP contribution in [0.4, 0.5) is 0 Å². The molecule has 1 aliphatic heterocycles. The molecule has 0 bridgehead atoms. The molecule has 1 aliphatic rings. The van der Waals surface area contributed by atoms with Gasteiger partial charge in [0.05, 0.1) is 12.0 Å². The van der Waals surface area contributed by atoms with Crippen molar-refractivity contribution in [2.24, 2.45) is 4.99 Å². The molecule has 2 aromatic rings. The largest absolute Gasteiger partial charge is 0.468 e. The minimum absolute atomic E-state index is 0.0783. The van der Waals surface area contributed by atoms with Crippen LogP contribution in [0.15, 0.2) is 40.4 Å². The Bertz CT molecular complexity index is 882. The van der Waals surface area contributed by atoms with Crippen molar-refractivity contribution in [2.45, 2.75) is 6.54 Å². The number of para-hydroxylation sites is 1. The van der Waals surface area contributed by atoms with Crippen molar-refractivity contribution < 1.29 is 14.3 Å². The van der Waals surface area contributed by atoms with E-state index in [1.165, 1.54) is 23.8 Å². The van der Waals surface area contributed by atoms with E-state index in [0.29, 0.717) is 10.1 Å². The first kappa shape index (κ1) is 16.3. The average Bonchev–Trinajstić information content (AvgIpc) is 3.07. The molecule has 1 fully saturated rings. The van der Waals surface area contributed by atoms with Gasteiger partial charge < -0.3 is 9.30 Å². The molecule has 1 saturated heterocycles. The Morgan fingerprint density at radius 3 is 2.79 bits per heavy atom. The number of rotatable bonds is 3. The summed E-state index contributed by atoms with van der Waals surface area (Å²) in [4.78, 5) is 30.2. The van der Waals surface area contributed by atoms with Crippen LogP contribution in [0.5, 0.6) is 0 Å². The maximum atomic E-state index is 12.3. The summed E-state index contributed by atoms with van der Waals surface area (Å²) in [5.41, 5.74) is 1.80. The summed E-state index contributed by atoms with van der Waals surface area (Å²) >= 11 is 1.34. The zero-order valence-corrected chi connectivity index (χ0v) is 14.5. The summed E-state index contributed by atoms with van der Waals surface area (Å²) in [5, 5.41) is 1.65. The molecule has 1 aromatic carbocycles. The summed E-state index contributed by atoms with van der Waals surface area (Å²) in [6, 6.07) is 7.76. The third-order valence-electron chi connectivity index (χ3n) is 3.83. The van der Waals surface area contributed by atoms with Gasteiger partial charge in [-0.2, -0.15) is 0 Å². The number of hydrogen-bond acceptors (Lipinski definition) is 5. The molecule has 2 heterocycles. The Morgan fingerprint density at radius 1 is 1.38 bits per heavy atom. The maximum absolute atomic E-state index is 12.3. The highest BCUT2D eigenvalue weighted by Crippen LogP contribution is 2.33. The predicted molar refractivity (Wildman–Crippen MR) is 95.7 cm³/mol. The second kappa shape index (κ2) is 6.52. The summed E-state index contributed by atoms with van der Waals surface area (Å²) in [7, 11) is 4.74. The Hall–Kier alpha value is -2.54. The molecule has 7 heteroatoms. The first-order valence-corrected chi connectivity index (χ1v) is 8.16. The smallest absolute Gasteiger partial charge is 0.325 e. The number of hydrogen-bond donors (Lipinski definition) is 0. The molecule has 1 aromatic heterocycles. The Kier molecular flexibility index (Phi) is 4.44. The highest BCUT2D eigenvalue weighted by atomic mass is 32.2. The minimum atomic E-state index is -0.318. The number of esters is 1. The molecule has 0 saturated carbocycles. The van der Waals surface area contributed by atoms with Crippen LogP contribution in [0.25, 0.3) is 17.0 Å². The Morgan fingerprint density at radius 2 is 2.12 bits per heavy atom. The van der Waals surface area contributed by atoms with Crippen molar-refractivity contribution in [1.29, 1.82) is 0 Å². The molecule has 0 aliphatic carbocycles. The number of benzene rings is 1. The second-order valence-electron chi connectivity index (χ2n) is 5.29. The fourth-order valence-electron chi connectivity index (χ4n) is 2.62. The monoisotopic (exact) mass is 343 g/mol. The minimum Gasteiger partial charge on any atom is -0.468 e. The molecule has 3 rings (SSSR count). The summed E-state index contributed by atoms with van der Waals surface area (Å²) in [6.45, 7) is 0.128. The first-order valence-electron chi connectivity index (χ1n) is 7.34. The number of thioether (sulfide) groups is 1. The number of aromatic nitrogens is 1. The van der Waals surface area contributed by atoms with Crippen LogP contribution < -0.4 is 0 Å². The summed E-state index contributed by atoms with van der Waals surface area (Å²) in [6.07, 6.45) is 3.71. The lowest BCUT2D eigenvalue weighted by Gasteiger charge is -2.04. The number of carbonyl (C=O) groups excluding carboxylic acids is 2. The van der Waals surface area contributed by atoms with E-state index >= 15 is 0 Å². The lowest BCUT2D eigenvalue weighted by Crippen LogP contribution is -2.23. The van der Waals surface area contributed by atoms with Gasteiger partial charge >= 0.3 is 5.97 Å². The van der Waals surface area contributed by atoms with Crippen LogP contribution in [0.2, 0.25) is 0 Å². The molecule has 0 atom stereocenters. The van der Waals surface area contributed by atoms with Gasteiger partial charge in [-0.1, -0.05) is 18.2 Å².